The molecule has 2 atom stereocenters. The van der Waals surface area contributed by atoms with E-state index in [1.807, 2.05) is 0 Å². The zero-order chi connectivity index (χ0) is 9.05. The van der Waals surface area contributed by atoms with E-state index in [0.29, 0.717) is 17.9 Å². The lowest BCUT2D eigenvalue weighted by Gasteiger charge is -2.24. The highest BCUT2D eigenvalue weighted by atomic mass is 19.1. The van der Waals surface area contributed by atoms with Crippen molar-refractivity contribution in [2.45, 2.75) is 18.3 Å². The molecule has 2 heteroatoms. The molecule has 2 aliphatic carbocycles. The second-order valence-electron chi connectivity index (χ2n) is 3.98. The average molecular weight is 176 g/mol. The third-order valence-electron chi connectivity index (χ3n) is 3.39. The SMILES string of the molecule is O=C1CC2CC12c1ccccc1F. The Labute approximate surface area is 75.6 Å². The molecule has 1 aromatic carbocycles. The van der Waals surface area contributed by atoms with Gasteiger partial charge in [-0.05, 0) is 18.4 Å². The largest absolute Gasteiger partial charge is 0.299 e. The quantitative estimate of drug-likeness (QED) is 0.640. The average Bonchev–Trinajstić information content (AvgIpc) is 2.73. The molecule has 0 heterocycles. The van der Waals surface area contributed by atoms with Crippen molar-refractivity contribution in [3.05, 3.63) is 35.6 Å². The number of fused-ring (bicyclic) bond motifs is 1. The van der Waals surface area contributed by atoms with Gasteiger partial charge in [0.1, 0.15) is 11.6 Å². The molecule has 0 aromatic heterocycles. The summed E-state index contributed by atoms with van der Waals surface area (Å²) in [6, 6.07) is 6.64. The minimum Gasteiger partial charge on any atom is -0.299 e. The lowest BCUT2D eigenvalue weighted by molar-refractivity contribution is -0.126. The molecule has 2 saturated carbocycles. The van der Waals surface area contributed by atoms with Gasteiger partial charge >= 0.3 is 0 Å². The van der Waals surface area contributed by atoms with Crippen molar-refractivity contribution < 1.29 is 9.18 Å². The summed E-state index contributed by atoms with van der Waals surface area (Å²) in [7, 11) is 0. The summed E-state index contributed by atoms with van der Waals surface area (Å²) in [5.41, 5.74) is 0.238. The van der Waals surface area contributed by atoms with Gasteiger partial charge in [-0.1, -0.05) is 18.2 Å². The Morgan fingerprint density at radius 3 is 2.69 bits per heavy atom. The van der Waals surface area contributed by atoms with E-state index in [1.54, 1.807) is 18.2 Å². The van der Waals surface area contributed by atoms with Crippen molar-refractivity contribution in [2.75, 3.05) is 0 Å². The molecule has 1 aromatic rings. The summed E-state index contributed by atoms with van der Waals surface area (Å²) >= 11 is 0. The van der Waals surface area contributed by atoms with Crippen LogP contribution in [0.5, 0.6) is 0 Å². The van der Waals surface area contributed by atoms with Crippen LogP contribution in [0.2, 0.25) is 0 Å². The molecule has 13 heavy (non-hydrogen) atoms. The van der Waals surface area contributed by atoms with Crippen molar-refractivity contribution in [1.29, 1.82) is 0 Å². The Balaban J connectivity index is 2.12. The van der Waals surface area contributed by atoms with Gasteiger partial charge in [0.2, 0.25) is 0 Å². The fraction of sp³-hybridized carbons (Fsp3) is 0.364. The molecule has 0 amide bonds. The number of hydrogen-bond donors (Lipinski definition) is 0. The van der Waals surface area contributed by atoms with Crippen LogP contribution in [0.4, 0.5) is 4.39 Å². The summed E-state index contributed by atoms with van der Waals surface area (Å²) in [5, 5.41) is 0. The number of benzene rings is 1. The Kier molecular flexibility index (Phi) is 1.12. The van der Waals surface area contributed by atoms with Crippen molar-refractivity contribution in [2.24, 2.45) is 5.92 Å². The van der Waals surface area contributed by atoms with Crippen LogP contribution >= 0.6 is 0 Å². The predicted octanol–water partition coefficient (Wildman–Crippen LogP) is 2.06. The van der Waals surface area contributed by atoms with E-state index in [4.69, 9.17) is 0 Å². The minimum absolute atomic E-state index is 0.224. The van der Waals surface area contributed by atoms with Crippen molar-refractivity contribution >= 4 is 5.78 Å². The van der Waals surface area contributed by atoms with Gasteiger partial charge < -0.3 is 0 Å². The van der Waals surface area contributed by atoms with Crippen LogP contribution in [-0.2, 0) is 10.2 Å². The van der Waals surface area contributed by atoms with E-state index in [2.05, 4.69) is 0 Å². The second-order valence-corrected chi connectivity index (χ2v) is 3.98. The first-order chi connectivity index (χ1) is 6.25. The number of Topliss-reactive ketones (excluding diaryl/α,β-unsaturated/α-hetero) is 1. The Hall–Kier alpha value is -1.18. The third kappa shape index (κ3) is 0.694. The first kappa shape index (κ1) is 7.25. The number of carbonyl (C=O) groups is 1. The lowest BCUT2D eigenvalue weighted by Crippen LogP contribution is -2.33. The molecule has 2 unspecified atom stereocenters. The van der Waals surface area contributed by atoms with Gasteiger partial charge in [0.15, 0.2) is 0 Å². The van der Waals surface area contributed by atoms with E-state index >= 15 is 0 Å². The van der Waals surface area contributed by atoms with Crippen LogP contribution in [0.3, 0.4) is 0 Å². The third-order valence-corrected chi connectivity index (χ3v) is 3.39. The van der Waals surface area contributed by atoms with Crippen LogP contribution in [0.1, 0.15) is 18.4 Å². The number of carbonyl (C=O) groups excluding carboxylic acids is 1. The Bertz CT molecular complexity index is 399. The maximum absolute atomic E-state index is 13.4. The number of hydrogen-bond acceptors (Lipinski definition) is 1. The van der Waals surface area contributed by atoms with E-state index in [1.165, 1.54) is 6.07 Å². The monoisotopic (exact) mass is 176 g/mol. The van der Waals surface area contributed by atoms with Crippen molar-refractivity contribution in [1.82, 2.24) is 0 Å². The summed E-state index contributed by atoms with van der Waals surface area (Å²) in [6.45, 7) is 0. The summed E-state index contributed by atoms with van der Waals surface area (Å²) in [6.07, 6.45) is 1.53. The highest BCUT2D eigenvalue weighted by Gasteiger charge is 2.69. The lowest BCUT2D eigenvalue weighted by atomic mass is 9.77. The number of halogens is 1. The minimum atomic E-state index is -0.384. The van der Waals surface area contributed by atoms with E-state index in [-0.39, 0.29) is 17.0 Å². The fourth-order valence-electron chi connectivity index (χ4n) is 2.50. The Morgan fingerprint density at radius 2 is 2.15 bits per heavy atom. The summed E-state index contributed by atoms with van der Waals surface area (Å²) in [5.74, 6) is 0.442. The van der Waals surface area contributed by atoms with Gasteiger partial charge in [-0.15, -0.1) is 0 Å². The highest BCUT2D eigenvalue weighted by Crippen LogP contribution is 2.65. The molecule has 0 aliphatic heterocycles. The smallest absolute Gasteiger partial charge is 0.144 e. The molecule has 1 nitrogen and oxygen atoms in total. The van der Waals surface area contributed by atoms with Crippen LogP contribution < -0.4 is 0 Å². The second kappa shape index (κ2) is 2.00. The van der Waals surface area contributed by atoms with Gasteiger partial charge in [-0.25, -0.2) is 4.39 Å². The number of rotatable bonds is 1. The maximum Gasteiger partial charge on any atom is 0.144 e. The molecule has 2 fully saturated rings. The molecule has 0 radical (unpaired) electrons. The van der Waals surface area contributed by atoms with E-state index in [9.17, 15) is 9.18 Å². The fourth-order valence-corrected chi connectivity index (χ4v) is 2.50. The van der Waals surface area contributed by atoms with Crippen molar-refractivity contribution in [3.63, 3.8) is 0 Å². The summed E-state index contributed by atoms with van der Waals surface area (Å²) < 4.78 is 13.4. The van der Waals surface area contributed by atoms with Crippen LogP contribution in [0.25, 0.3) is 0 Å². The Morgan fingerprint density at radius 1 is 1.38 bits per heavy atom. The molecule has 0 spiro atoms. The van der Waals surface area contributed by atoms with Gasteiger partial charge in [0, 0.05) is 12.0 Å². The molecule has 66 valence electrons. The molecule has 3 rings (SSSR count). The zero-order valence-corrected chi connectivity index (χ0v) is 7.09. The maximum atomic E-state index is 13.4. The molecule has 0 bridgehead atoms. The van der Waals surface area contributed by atoms with E-state index in [0.717, 1.165) is 6.42 Å². The normalized spacial score (nSPS) is 35.2. The zero-order valence-electron chi connectivity index (χ0n) is 7.09. The van der Waals surface area contributed by atoms with Crippen LogP contribution in [-0.4, -0.2) is 5.78 Å². The molecule has 0 N–H and O–H groups in total. The molecule has 2 aliphatic rings. The van der Waals surface area contributed by atoms with Crippen LogP contribution in [0.15, 0.2) is 24.3 Å². The molecule has 0 saturated heterocycles. The van der Waals surface area contributed by atoms with Gasteiger partial charge in [-0.3, -0.25) is 4.79 Å². The molecular weight excluding hydrogens is 167 g/mol. The van der Waals surface area contributed by atoms with Crippen molar-refractivity contribution in [3.8, 4) is 0 Å². The van der Waals surface area contributed by atoms with Gasteiger partial charge in [0.25, 0.3) is 0 Å². The topological polar surface area (TPSA) is 17.1 Å². The van der Waals surface area contributed by atoms with Gasteiger partial charge in [0.05, 0.1) is 5.41 Å². The summed E-state index contributed by atoms with van der Waals surface area (Å²) in [4.78, 5) is 11.4. The standard InChI is InChI=1S/C11H9FO/c12-9-4-2-1-3-8(9)11-6-7(11)5-10(11)13/h1-4,7H,5-6H2. The van der Waals surface area contributed by atoms with Gasteiger partial charge in [-0.2, -0.15) is 0 Å². The first-order valence-electron chi connectivity index (χ1n) is 4.53. The molecular formula is C11H9FO. The van der Waals surface area contributed by atoms with E-state index < -0.39 is 0 Å². The predicted molar refractivity (Wildman–Crippen MR) is 45.8 cm³/mol. The number of ketones is 1. The highest BCUT2D eigenvalue weighted by molar-refractivity contribution is 6.01. The first-order valence-corrected chi connectivity index (χ1v) is 4.53. The van der Waals surface area contributed by atoms with Crippen LogP contribution in [0, 0.1) is 11.7 Å².